The van der Waals surface area contributed by atoms with E-state index in [1.807, 2.05) is 14.1 Å². The monoisotopic (exact) mass is 467 g/mol. The first kappa shape index (κ1) is 31.7. The van der Waals surface area contributed by atoms with Crippen LogP contribution < -0.4 is 0 Å². The van der Waals surface area contributed by atoms with Crippen molar-refractivity contribution in [3.8, 4) is 0 Å². The van der Waals surface area contributed by atoms with Crippen molar-refractivity contribution in [2.75, 3.05) is 33.9 Å². The quantitative estimate of drug-likeness (QED) is 0.0961. The zero-order chi connectivity index (χ0) is 24.4. The van der Waals surface area contributed by atoms with Gasteiger partial charge in [0.05, 0.1) is 6.61 Å². The molecule has 0 aromatic carbocycles. The van der Waals surface area contributed by atoms with E-state index in [2.05, 4.69) is 36.1 Å². The highest BCUT2D eigenvalue weighted by Gasteiger charge is 2.15. The molecule has 1 unspecified atom stereocenters. The number of rotatable bonds is 23. The van der Waals surface area contributed by atoms with Crippen LogP contribution in [0.5, 0.6) is 0 Å². The molecule has 0 saturated carbocycles. The van der Waals surface area contributed by atoms with Crippen molar-refractivity contribution in [1.82, 2.24) is 4.90 Å². The Morgan fingerprint density at radius 3 is 2.06 bits per heavy atom. The van der Waals surface area contributed by atoms with E-state index in [4.69, 9.17) is 14.6 Å². The summed E-state index contributed by atoms with van der Waals surface area (Å²) >= 11 is 0. The van der Waals surface area contributed by atoms with Gasteiger partial charge in [-0.3, -0.25) is 0 Å². The second kappa shape index (κ2) is 25.3. The highest BCUT2D eigenvalue weighted by molar-refractivity contribution is 5.60. The Hall–Kier alpha value is -1.33. The first-order valence-electron chi connectivity index (χ1n) is 13.5. The third-order valence-corrected chi connectivity index (χ3v) is 5.64. The van der Waals surface area contributed by atoms with Crippen molar-refractivity contribution in [2.45, 2.75) is 116 Å². The fourth-order valence-corrected chi connectivity index (χ4v) is 3.65. The third kappa shape index (κ3) is 25.1. The molecule has 0 spiro atoms. The van der Waals surface area contributed by atoms with Crippen LogP contribution in [0.15, 0.2) is 24.3 Å². The fraction of sp³-hybridized carbons (Fsp3) is 0.821. The lowest BCUT2D eigenvalue weighted by Gasteiger charge is -2.17. The minimum absolute atomic E-state index is 0.126. The number of allylic oxidation sites excluding steroid dienone is 4. The van der Waals surface area contributed by atoms with E-state index in [0.29, 0.717) is 19.4 Å². The Balaban J connectivity index is 3.71. The normalized spacial score (nSPS) is 12.8. The predicted molar refractivity (Wildman–Crippen MR) is 140 cm³/mol. The van der Waals surface area contributed by atoms with E-state index in [-0.39, 0.29) is 12.7 Å². The maximum absolute atomic E-state index is 11.9. The summed E-state index contributed by atoms with van der Waals surface area (Å²) in [6.07, 6.45) is 26.1. The van der Waals surface area contributed by atoms with Crippen LogP contribution in [0.3, 0.4) is 0 Å². The molecular formula is C28H53NO4. The summed E-state index contributed by atoms with van der Waals surface area (Å²) in [7, 11) is 3.99. The number of aliphatic hydroxyl groups excluding tert-OH is 1. The van der Waals surface area contributed by atoms with Gasteiger partial charge < -0.3 is 19.5 Å². The molecule has 0 radical (unpaired) electrons. The van der Waals surface area contributed by atoms with E-state index in [0.717, 1.165) is 38.6 Å². The van der Waals surface area contributed by atoms with E-state index in [1.54, 1.807) is 0 Å². The minimum atomic E-state index is -0.572. The Morgan fingerprint density at radius 2 is 1.42 bits per heavy atom. The molecule has 5 heteroatoms. The summed E-state index contributed by atoms with van der Waals surface area (Å²) in [5.74, 6) is 0. The third-order valence-electron chi connectivity index (χ3n) is 5.64. The number of carbonyl (C=O) groups is 1. The van der Waals surface area contributed by atoms with Crippen LogP contribution in [0.25, 0.3) is 0 Å². The molecule has 0 heterocycles. The standard InChI is InChI=1S/C28H53NO4/c1-4-5-6-7-8-9-10-11-12-13-14-15-16-17-18-19-22-27(23-20-25-30)33-28(31)32-26-21-24-29(2)3/h8-9,11-12,27,30H,4-7,10,13-26H2,1-3H3. The zero-order valence-corrected chi connectivity index (χ0v) is 21.9. The molecule has 33 heavy (non-hydrogen) atoms. The molecule has 194 valence electrons. The predicted octanol–water partition coefficient (Wildman–Crippen LogP) is 7.44. The van der Waals surface area contributed by atoms with E-state index in [1.165, 1.54) is 57.8 Å². The van der Waals surface area contributed by atoms with Gasteiger partial charge in [-0.25, -0.2) is 4.79 Å². The molecule has 0 aliphatic rings. The van der Waals surface area contributed by atoms with Gasteiger partial charge in [0.1, 0.15) is 6.10 Å². The van der Waals surface area contributed by atoms with Crippen molar-refractivity contribution in [1.29, 1.82) is 0 Å². The Bertz CT molecular complexity index is 477. The minimum Gasteiger partial charge on any atom is -0.434 e. The fourth-order valence-electron chi connectivity index (χ4n) is 3.65. The van der Waals surface area contributed by atoms with Crippen LogP contribution in [0.4, 0.5) is 4.79 Å². The number of carbonyl (C=O) groups excluding carboxylic acids is 1. The van der Waals surface area contributed by atoms with E-state index >= 15 is 0 Å². The molecular weight excluding hydrogens is 414 g/mol. The molecule has 0 rings (SSSR count). The summed E-state index contributed by atoms with van der Waals surface area (Å²) in [6.45, 7) is 3.64. The van der Waals surface area contributed by atoms with Gasteiger partial charge >= 0.3 is 6.16 Å². The maximum Gasteiger partial charge on any atom is 0.508 e. The molecule has 0 amide bonds. The molecule has 0 saturated heterocycles. The van der Waals surface area contributed by atoms with Crippen LogP contribution in [0, 0.1) is 0 Å². The van der Waals surface area contributed by atoms with Gasteiger partial charge in [0.25, 0.3) is 0 Å². The summed E-state index contributed by atoms with van der Waals surface area (Å²) in [5, 5.41) is 9.10. The highest BCUT2D eigenvalue weighted by atomic mass is 16.7. The summed E-state index contributed by atoms with van der Waals surface area (Å²) < 4.78 is 10.7. The van der Waals surface area contributed by atoms with Crippen LogP contribution in [0.2, 0.25) is 0 Å². The van der Waals surface area contributed by atoms with Crippen molar-refractivity contribution < 1.29 is 19.4 Å². The van der Waals surface area contributed by atoms with Gasteiger partial charge in [0, 0.05) is 13.2 Å². The number of hydrogen-bond acceptors (Lipinski definition) is 5. The second-order valence-corrected chi connectivity index (χ2v) is 9.23. The Morgan fingerprint density at radius 1 is 0.818 bits per heavy atom. The van der Waals surface area contributed by atoms with Crippen molar-refractivity contribution >= 4 is 6.16 Å². The summed E-state index contributed by atoms with van der Waals surface area (Å²) in [5.41, 5.74) is 0. The molecule has 0 bridgehead atoms. The molecule has 0 aromatic rings. The van der Waals surface area contributed by atoms with Gasteiger partial charge in [-0.1, -0.05) is 69.8 Å². The van der Waals surface area contributed by atoms with Gasteiger partial charge in [-0.05, 0) is 78.3 Å². The van der Waals surface area contributed by atoms with E-state index in [9.17, 15) is 4.79 Å². The van der Waals surface area contributed by atoms with Gasteiger partial charge in [-0.15, -0.1) is 0 Å². The molecule has 0 fully saturated rings. The number of ether oxygens (including phenoxy) is 2. The maximum atomic E-state index is 11.9. The SMILES string of the molecule is CCCCCC=CCC=CCCCCCCCCC(CCCO)OC(=O)OCCCN(C)C. The molecule has 0 aliphatic carbocycles. The highest BCUT2D eigenvalue weighted by Crippen LogP contribution is 2.15. The number of hydrogen-bond donors (Lipinski definition) is 1. The van der Waals surface area contributed by atoms with Crippen LogP contribution in [-0.2, 0) is 9.47 Å². The Kier molecular flexibility index (Phi) is 24.3. The van der Waals surface area contributed by atoms with Crippen molar-refractivity contribution in [3.63, 3.8) is 0 Å². The Labute approximate surface area is 204 Å². The summed E-state index contributed by atoms with van der Waals surface area (Å²) in [6, 6.07) is 0. The number of nitrogens with zero attached hydrogens (tertiary/aromatic N) is 1. The van der Waals surface area contributed by atoms with Gasteiger partial charge in [0.2, 0.25) is 0 Å². The number of unbranched alkanes of at least 4 members (excludes halogenated alkanes) is 9. The topological polar surface area (TPSA) is 59.0 Å². The lowest BCUT2D eigenvalue weighted by atomic mass is 10.0. The summed E-state index contributed by atoms with van der Waals surface area (Å²) in [4.78, 5) is 14.0. The van der Waals surface area contributed by atoms with Crippen molar-refractivity contribution in [3.05, 3.63) is 24.3 Å². The average molecular weight is 468 g/mol. The largest absolute Gasteiger partial charge is 0.508 e. The lowest BCUT2D eigenvalue weighted by Crippen LogP contribution is -2.21. The zero-order valence-electron chi connectivity index (χ0n) is 21.9. The van der Waals surface area contributed by atoms with Crippen LogP contribution in [-0.4, -0.2) is 56.1 Å². The lowest BCUT2D eigenvalue weighted by molar-refractivity contribution is 0.0138. The van der Waals surface area contributed by atoms with Gasteiger partial charge in [0.15, 0.2) is 0 Å². The smallest absolute Gasteiger partial charge is 0.434 e. The van der Waals surface area contributed by atoms with Crippen molar-refractivity contribution in [2.24, 2.45) is 0 Å². The molecule has 0 aliphatic heterocycles. The van der Waals surface area contributed by atoms with Gasteiger partial charge in [-0.2, -0.15) is 0 Å². The first-order chi connectivity index (χ1) is 16.1. The first-order valence-corrected chi connectivity index (χ1v) is 13.5. The molecule has 1 N–H and O–H groups in total. The van der Waals surface area contributed by atoms with Crippen LogP contribution in [0.1, 0.15) is 110 Å². The average Bonchev–Trinajstić information content (AvgIpc) is 2.79. The van der Waals surface area contributed by atoms with E-state index < -0.39 is 6.16 Å². The molecule has 5 nitrogen and oxygen atoms in total. The molecule has 1 atom stereocenters. The molecule has 0 aromatic heterocycles. The second-order valence-electron chi connectivity index (χ2n) is 9.23. The number of aliphatic hydroxyl groups is 1. The van der Waals surface area contributed by atoms with Crippen LogP contribution >= 0.6 is 0 Å².